The average molecular weight is 354 g/mol. The molecule has 2 N–H and O–H groups in total. The molecular weight excluding hydrogens is 340 g/mol. The Morgan fingerprint density at radius 2 is 2.08 bits per heavy atom. The average Bonchev–Trinajstić information content (AvgIpc) is 3.23. The van der Waals surface area contributed by atoms with E-state index in [1.54, 1.807) is 29.9 Å². The van der Waals surface area contributed by atoms with E-state index in [0.29, 0.717) is 23.1 Å². The summed E-state index contributed by atoms with van der Waals surface area (Å²) in [5, 5.41) is 13.4. The topological polar surface area (TPSA) is 97.1 Å². The maximum Gasteiger partial charge on any atom is 0.328 e. The Labute approximate surface area is 147 Å². The Hall–Kier alpha value is -3.26. The zero-order valence-corrected chi connectivity index (χ0v) is 13.8. The molecular formula is C17H14N4O3S. The fourth-order valence-electron chi connectivity index (χ4n) is 2.18. The van der Waals surface area contributed by atoms with Crippen LogP contribution in [0.25, 0.3) is 6.08 Å². The van der Waals surface area contributed by atoms with Crippen LogP contribution in [-0.2, 0) is 11.3 Å². The van der Waals surface area contributed by atoms with Gasteiger partial charge < -0.3 is 9.67 Å². The van der Waals surface area contributed by atoms with Gasteiger partial charge in [0.05, 0.1) is 5.69 Å². The first-order chi connectivity index (χ1) is 12.1. The van der Waals surface area contributed by atoms with Gasteiger partial charge in [0, 0.05) is 36.6 Å². The predicted molar refractivity (Wildman–Crippen MR) is 94.5 cm³/mol. The first-order valence-electron chi connectivity index (χ1n) is 7.34. The maximum absolute atomic E-state index is 12.5. The molecule has 1 amide bonds. The summed E-state index contributed by atoms with van der Waals surface area (Å²) in [5.74, 6) is -1.32. The molecule has 25 heavy (non-hydrogen) atoms. The van der Waals surface area contributed by atoms with Crippen LogP contribution >= 0.6 is 11.3 Å². The molecule has 0 fully saturated rings. The zero-order chi connectivity index (χ0) is 17.6. The molecule has 3 heterocycles. The lowest BCUT2D eigenvalue weighted by Gasteiger charge is -2.08. The van der Waals surface area contributed by atoms with E-state index in [2.05, 4.69) is 15.3 Å². The molecule has 0 saturated heterocycles. The summed E-state index contributed by atoms with van der Waals surface area (Å²) in [5.41, 5.74) is 2.03. The molecule has 3 aromatic heterocycles. The lowest BCUT2D eigenvalue weighted by Crippen LogP contribution is -2.17. The van der Waals surface area contributed by atoms with Crippen LogP contribution in [0.4, 0.5) is 5.13 Å². The molecule has 0 aliphatic rings. The summed E-state index contributed by atoms with van der Waals surface area (Å²) < 4.78 is 1.84. The molecule has 0 aromatic carbocycles. The van der Waals surface area contributed by atoms with Crippen LogP contribution in [0.3, 0.4) is 0 Å². The lowest BCUT2D eigenvalue weighted by atomic mass is 10.2. The normalized spacial score (nSPS) is 10.9. The second-order valence-corrected chi connectivity index (χ2v) is 5.94. The number of hydrogen-bond donors (Lipinski definition) is 2. The van der Waals surface area contributed by atoms with Crippen molar-refractivity contribution in [1.82, 2.24) is 14.5 Å². The smallest absolute Gasteiger partial charge is 0.328 e. The van der Waals surface area contributed by atoms with Gasteiger partial charge in [-0.05, 0) is 35.9 Å². The van der Waals surface area contributed by atoms with Gasteiger partial charge in [0.25, 0.3) is 5.91 Å². The van der Waals surface area contributed by atoms with Crippen LogP contribution in [0.5, 0.6) is 0 Å². The number of carboxylic acids is 1. The first kappa shape index (κ1) is 16.6. The van der Waals surface area contributed by atoms with E-state index < -0.39 is 5.97 Å². The number of pyridine rings is 1. The Morgan fingerprint density at radius 1 is 1.28 bits per heavy atom. The van der Waals surface area contributed by atoms with E-state index in [0.717, 1.165) is 11.6 Å². The number of aromatic nitrogens is 3. The number of amides is 1. The van der Waals surface area contributed by atoms with Crippen LogP contribution in [0.2, 0.25) is 0 Å². The number of nitrogens with zero attached hydrogens (tertiary/aromatic N) is 3. The van der Waals surface area contributed by atoms with Crippen LogP contribution in [0, 0.1) is 0 Å². The van der Waals surface area contributed by atoms with Gasteiger partial charge in [-0.1, -0.05) is 0 Å². The van der Waals surface area contributed by atoms with Crippen molar-refractivity contribution in [2.24, 2.45) is 0 Å². The molecule has 0 unspecified atom stereocenters. The van der Waals surface area contributed by atoms with Crippen molar-refractivity contribution in [2.75, 3.05) is 5.32 Å². The third kappa shape index (κ3) is 4.39. The third-order valence-corrected chi connectivity index (χ3v) is 4.08. The highest BCUT2D eigenvalue weighted by Gasteiger charge is 2.13. The third-order valence-electron chi connectivity index (χ3n) is 3.30. The van der Waals surface area contributed by atoms with Gasteiger partial charge in [-0.15, -0.1) is 11.3 Å². The number of anilines is 1. The Balaban J connectivity index is 1.70. The maximum atomic E-state index is 12.5. The highest BCUT2D eigenvalue weighted by molar-refractivity contribution is 7.14. The molecule has 0 bridgehead atoms. The van der Waals surface area contributed by atoms with E-state index in [1.165, 1.54) is 17.4 Å². The van der Waals surface area contributed by atoms with Crippen molar-refractivity contribution in [1.29, 1.82) is 0 Å². The van der Waals surface area contributed by atoms with Crippen molar-refractivity contribution in [3.8, 4) is 0 Å². The van der Waals surface area contributed by atoms with Gasteiger partial charge in [0.2, 0.25) is 0 Å². The molecule has 7 nitrogen and oxygen atoms in total. The van der Waals surface area contributed by atoms with Gasteiger partial charge in [-0.3, -0.25) is 15.1 Å². The molecule has 3 aromatic rings. The number of rotatable bonds is 6. The van der Waals surface area contributed by atoms with E-state index in [9.17, 15) is 9.59 Å². The monoisotopic (exact) mass is 354 g/mol. The largest absolute Gasteiger partial charge is 0.478 e. The zero-order valence-electron chi connectivity index (χ0n) is 13.0. The van der Waals surface area contributed by atoms with Crippen molar-refractivity contribution in [3.05, 3.63) is 71.3 Å². The summed E-state index contributed by atoms with van der Waals surface area (Å²) in [6.45, 7) is 0.558. The highest BCUT2D eigenvalue weighted by Crippen LogP contribution is 2.18. The molecule has 0 radical (unpaired) electrons. The van der Waals surface area contributed by atoms with E-state index in [1.807, 2.05) is 22.9 Å². The van der Waals surface area contributed by atoms with Gasteiger partial charge >= 0.3 is 5.97 Å². The summed E-state index contributed by atoms with van der Waals surface area (Å²) in [6.07, 6.45) is 7.63. The minimum Gasteiger partial charge on any atom is -0.478 e. The fraction of sp³-hybridized carbons (Fsp3) is 0.0588. The number of nitrogens with one attached hydrogen (secondary N) is 1. The standard InChI is InChI=1S/C17H14N4O3S/c22-15(23)4-3-13-11-25-17(19-13)20-16(24)14-2-1-9-21(14)10-12-5-7-18-8-6-12/h1-9,11H,10H2,(H,22,23)(H,19,20,24)/b4-3+. The van der Waals surface area contributed by atoms with Gasteiger partial charge in [-0.2, -0.15) is 0 Å². The molecule has 8 heteroatoms. The SMILES string of the molecule is O=C(O)/C=C/c1csc(NC(=O)c2cccn2Cc2ccncc2)n1. The van der Waals surface area contributed by atoms with Crippen LogP contribution in [0.15, 0.2) is 54.3 Å². The number of aliphatic carboxylic acids is 1. The lowest BCUT2D eigenvalue weighted by molar-refractivity contribution is -0.131. The van der Waals surface area contributed by atoms with Gasteiger partial charge in [-0.25, -0.2) is 9.78 Å². The van der Waals surface area contributed by atoms with Gasteiger partial charge in [0.1, 0.15) is 5.69 Å². The summed E-state index contributed by atoms with van der Waals surface area (Å²) in [7, 11) is 0. The first-order valence-corrected chi connectivity index (χ1v) is 8.22. The Kier molecular flexibility index (Phi) is 5.00. The molecule has 0 spiro atoms. The predicted octanol–water partition coefficient (Wildman–Crippen LogP) is 2.74. The molecule has 0 aliphatic carbocycles. The minimum atomic E-state index is -1.05. The Bertz CT molecular complexity index is 915. The summed E-state index contributed by atoms with van der Waals surface area (Å²) in [6, 6.07) is 7.32. The highest BCUT2D eigenvalue weighted by atomic mass is 32.1. The van der Waals surface area contributed by atoms with Crippen molar-refractivity contribution >= 4 is 34.4 Å². The second kappa shape index (κ2) is 7.54. The van der Waals surface area contributed by atoms with Crippen LogP contribution in [-0.4, -0.2) is 31.5 Å². The molecule has 0 saturated carbocycles. The number of carbonyl (C=O) groups excluding carboxylic acids is 1. The van der Waals surface area contributed by atoms with E-state index >= 15 is 0 Å². The quantitative estimate of drug-likeness (QED) is 0.664. The van der Waals surface area contributed by atoms with Crippen molar-refractivity contribution < 1.29 is 14.7 Å². The molecule has 0 aliphatic heterocycles. The van der Waals surface area contributed by atoms with E-state index in [-0.39, 0.29) is 5.91 Å². The fourth-order valence-corrected chi connectivity index (χ4v) is 2.85. The van der Waals surface area contributed by atoms with Crippen LogP contribution in [0.1, 0.15) is 21.7 Å². The van der Waals surface area contributed by atoms with Crippen molar-refractivity contribution in [2.45, 2.75) is 6.54 Å². The second-order valence-electron chi connectivity index (χ2n) is 5.08. The summed E-state index contributed by atoms with van der Waals surface area (Å²) in [4.78, 5) is 31.1. The molecule has 126 valence electrons. The van der Waals surface area contributed by atoms with E-state index in [4.69, 9.17) is 5.11 Å². The number of thiazole rings is 1. The van der Waals surface area contributed by atoms with Crippen LogP contribution < -0.4 is 5.32 Å². The van der Waals surface area contributed by atoms with Crippen molar-refractivity contribution in [3.63, 3.8) is 0 Å². The number of carboxylic acid groups (broad SMARTS) is 1. The minimum absolute atomic E-state index is 0.276. The molecule has 3 rings (SSSR count). The number of hydrogen-bond acceptors (Lipinski definition) is 5. The summed E-state index contributed by atoms with van der Waals surface area (Å²) >= 11 is 1.23. The Morgan fingerprint density at radius 3 is 2.84 bits per heavy atom. The number of carbonyl (C=O) groups is 2. The van der Waals surface area contributed by atoms with Gasteiger partial charge in [0.15, 0.2) is 5.13 Å². The molecule has 0 atom stereocenters.